The molecule has 1 aliphatic heterocycles. The molecular formula is C24H23ClFN5O2. The quantitative estimate of drug-likeness (QED) is 0.612. The summed E-state index contributed by atoms with van der Waals surface area (Å²) in [6.07, 6.45) is 4.59. The second-order valence-corrected chi connectivity index (χ2v) is 8.87. The summed E-state index contributed by atoms with van der Waals surface area (Å²) in [7, 11) is 4.22. The lowest BCUT2D eigenvalue weighted by molar-refractivity contribution is 0.0931. The molecule has 0 spiro atoms. The van der Waals surface area contributed by atoms with Gasteiger partial charge in [-0.15, -0.1) is 0 Å². The van der Waals surface area contributed by atoms with Crippen LogP contribution in [0.2, 0.25) is 5.02 Å². The van der Waals surface area contributed by atoms with E-state index in [-0.39, 0.29) is 28.9 Å². The third-order valence-electron chi connectivity index (χ3n) is 6.16. The van der Waals surface area contributed by atoms with Crippen molar-refractivity contribution in [3.05, 3.63) is 70.1 Å². The molecule has 2 heterocycles. The Morgan fingerprint density at radius 2 is 2.09 bits per heavy atom. The summed E-state index contributed by atoms with van der Waals surface area (Å²) in [6, 6.07) is 11.0. The highest BCUT2D eigenvalue weighted by molar-refractivity contribution is 6.34. The molecule has 0 fully saturated rings. The number of nitrogens with zero attached hydrogens (tertiary/aromatic N) is 4. The van der Waals surface area contributed by atoms with Crippen molar-refractivity contribution in [3.8, 4) is 5.88 Å². The van der Waals surface area contributed by atoms with Crippen LogP contribution in [-0.4, -0.2) is 47.6 Å². The Morgan fingerprint density at radius 1 is 1.24 bits per heavy atom. The molecule has 0 bridgehead atoms. The van der Waals surface area contributed by atoms with Crippen molar-refractivity contribution < 1.29 is 13.9 Å². The highest BCUT2D eigenvalue weighted by atomic mass is 35.5. The molecule has 1 aliphatic carbocycles. The lowest BCUT2D eigenvalue weighted by Crippen LogP contribution is -2.40. The maximum Gasteiger partial charge on any atom is 0.268 e. The van der Waals surface area contributed by atoms with Crippen LogP contribution in [0.15, 0.2) is 42.6 Å². The van der Waals surface area contributed by atoms with Gasteiger partial charge in [-0.05, 0) is 68.8 Å². The number of ether oxygens (including phenoxy) is 1. The maximum absolute atomic E-state index is 14.3. The Kier molecular flexibility index (Phi) is 5.64. The molecule has 0 saturated carbocycles. The van der Waals surface area contributed by atoms with Crippen molar-refractivity contribution in [2.24, 2.45) is 0 Å². The van der Waals surface area contributed by atoms with E-state index in [0.717, 1.165) is 29.8 Å². The van der Waals surface area contributed by atoms with Gasteiger partial charge in [0.05, 0.1) is 5.02 Å². The first-order valence-electron chi connectivity index (χ1n) is 10.7. The smallest absolute Gasteiger partial charge is 0.268 e. The van der Waals surface area contributed by atoms with Gasteiger partial charge in [0.2, 0.25) is 11.8 Å². The fourth-order valence-electron chi connectivity index (χ4n) is 4.31. The minimum absolute atomic E-state index is 0.0258. The van der Waals surface area contributed by atoms with Gasteiger partial charge in [0.15, 0.2) is 6.73 Å². The number of nitrogens with one attached hydrogen (secondary N) is 1. The lowest BCUT2D eigenvalue weighted by Gasteiger charge is -2.30. The molecule has 9 heteroatoms. The Morgan fingerprint density at radius 3 is 2.88 bits per heavy atom. The molecular weight excluding hydrogens is 445 g/mol. The first-order valence-corrected chi connectivity index (χ1v) is 11.1. The molecule has 1 unspecified atom stereocenters. The van der Waals surface area contributed by atoms with Gasteiger partial charge in [-0.3, -0.25) is 9.69 Å². The van der Waals surface area contributed by atoms with Crippen LogP contribution < -0.4 is 15.0 Å². The standard InChI is InChI=1S/C24H23ClFN5O2/c1-30(2)17-9-7-14-6-8-16(10-15(14)11-17)28-24-27-12-18-22(29-24)33-13-31(23(18)32)21-19(25)4-3-5-20(21)26/h3-6,8,10,12,17H,7,9,11,13H2,1-2H3,(H,27,28,29). The second-order valence-electron chi connectivity index (χ2n) is 8.46. The van der Waals surface area contributed by atoms with Gasteiger partial charge in [0.1, 0.15) is 17.1 Å². The zero-order chi connectivity index (χ0) is 23.1. The van der Waals surface area contributed by atoms with Gasteiger partial charge in [0, 0.05) is 17.9 Å². The number of aromatic nitrogens is 2. The van der Waals surface area contributed by atoms with Crippen molar-refractivity contribution in [1.82, 2.24) is 14.9 Å². The largest absolute Gasteiger partial charge is 0.455 e. The van der Waals surface area contributed by atoms with Crippen LogP contribution in [0.4, 0.5) is 21.7 Å². The van der Waals surface area contributed by atoms with Crippen molar-refractivity contribution in [2.75, 3.05) is 31.0 Å². The van der Waals surface area contributed by atoms with Crippen molar-refractivity contribution in [3.63, 3.8) is 0 Å². The zero-order valence-electron chi connectivity index (χ0n) is 18.3. The minimum atomic E-state index is -0.606. The molecule has 2 aliphatic rings. The fraction of sp³-hybridized carbons (Fsp3) is 0.292. The summed E-state index contributed by atoms with van der Waals surface area (Å²) in [5.74, 6) is -0.616. The average molecular weight is 468 g/mol. The summed E-state index contributed by atoms with van der Waals surface area (Å²) < 4.78 is 20.0. The van der Waals surface area contributed by atoms with Crippen LogP contribution in [0.3, 0.4) is 0 Å². The number of fused-ring (bicyclic) bond motifs is 2. The van der Waals surface area contributed by atoms with Gasteiger partial charge < -0.3 is 15.0 Å². The number of hydrogen-bond acceptors (Lipinski definition) is 6. The van der Waals surface area contributed by atoms with E-state index in [4.69, 9.17) is 16.3 Å². The van der Waals surface area contributed by atoms with Crippen molar-refractivity contribution >= 4 is 34.8 Å². The molecule has 1 atom stereocenters. The van der Waals surface area contributed by atoms with Gasteiger partial charge in [-0.2, -0.15) is 4.98 Å². The van der Waals surface area contributed by atoms with E-state index in [1.165, 1.54) is 35.5 Å². The van der Waals surface area contributed by atoms with E-state index >= 15 is 0 Å². The molecule has 3 aromatic rings. The van der Waals surface area contributed by atoms with E-state index in [0.29, 0.717) is 12.0 Å². The zero-order valence-corrected chi connectivity index (χ0v) is 19.1. The molecule has 1 amide bonds. The molecule has 170 valence electrons. The second kappa shape index (κ2) is 8.61. The van der Waals surface area contributed by atoms with Gasteiger partial charge >= 0.3 is 0 Å². The number of benzene rings is 2. The molecule has 33 heavy (non-hydrogen) atoms. The molecule has 1 N–H and O–H groups in total. The summed E-state index contributed by atoms with van der Waals surface area (Å²) >= 11 is 6.11. The summed E-state index contributed by atoms with van der Waals surface area (Å²) in [5.41, 5.74) is 3.67. The third kappa shape index (κ3) is 4.12. The molecule has 1 aromatic heterocycles. The minimum Gasteiger partial charge on any atom is -0.455 e. The van der Waals surface area contributed by atoms with E-state index in [9.17, 15) is 9.18 Å². The first-order chi connectivity index (χ1) is 15.9. The number of hydrogen-bond donors (Lipinski definition) is 1. The first kappa shape index (κ1) is 21.6. The Balaban J connectivity index is 1.36. The Labute approximate surface area is 196 Å². The van der Waals surface area contributed by atoms with E-state index < -0.39 is 11.7 Å². The van der Waals surface area contributed by atoms with Crippen LogP contribution in [0, 0.1) is 5.82 Å². The van der Waals surface area contributed by atoms with Crippen LogP contribution in [0.5, 0.6) is 5.88 Å². The summed E-state index contributed by atoms with van der Waals surface area (Å²) in [5, 5.41) is 3.33. The number of para-hydroxylation sites is 1. The summed E-state index contributed by atoms with van der Waals surface area (Å²) in [6.45, 7) is -0.201. The van der Waals surface area contributed by atoms with E-state index in [1.807, 2.05) is 6.07 Å². The van der Waals surface area contributed by atoms with Gasteiger partial charge in [0.25, 0.3) is 5.91 Å². The molecule has 0 radical (unpaired) electrons. The Hall–Kier alpha value is -3.23. The highest BCUT2D eigenvalue weighted by Gasteiger charge is 2.31. The van der Waals surface area contributed by atoms with E-state index in [2.05, 4.69) is 46.4 Å². The lowest BCUT2D eigenvalue weighted by atomic mass is 9.87. The number of amides is 1. The number of carbonyl (C=O) groups excluding carboxylic acids is 1. The number of rotatable bonds is 4. The van der Waals surface area contributed by atoms with Gasteiger partial charge in [-0.25, -0.2) is 9.37 Å². The van der Waals surface area contributed by atoms with Gasteiger partial charge in [-0.1, -0.05) is 23.7 Å². The number of halogens is 2. The summed E-state index contributed by atoms with van der Waals surface area (Å²) in [4.78, 5) is 25.0. The molecule has 0 saturated heterocycles. The fourth-order valence-corrected chi connectivity index (χ4v) is 4.58. The van der Waals surface area contributed by atoms with Crippen LogP contribution in [-0.2, 0) is 12.8 Å². The molecule has 2 aromatic carbocycles. The van der Waals surface area contributed by atoms with Crippen LogP contribution in [0.1, 0.15) is 27.9 Å². The predicted molar refractivity (Wildman–Crippen MR) is 125 cm³/mol. The van der Waals surface area contributed by atoms with E-state index in [1.54, 1.807) is 0 Å². The average Bonchev–Trinajstić information content (AvgIpc) is 2.80. The number of anilines is 3. The van der Waals surface area contributed by atoms with Crippen molar-refractivity contribution in [1.29, 1.82) is 0 Å². The third-order valence-corrected chi connectivity index (χ3v) is 6.47. The topological polar surface area (TPSA) is 70.6 Å². The molecule has 5 rings (SSSR count). The predicted octanol–water partition coefficient (Wildman–Crippen LogP) is 4.43. The normalized spacial score (nSPS) is 17.4. The van der Waals surface area contributed by atoms with Crippen LogP contribution in [0.25, 0.3) is 0 Å². The molecule has 7 nitrogen and oxygen atoms in total. The number of aryl methyl sites for hydroxylation is 1. The van der Waals surface area contributed by atoms with Crippen LogP contribution >= 0.6 is 11.6 Å². The SMILES string of the molecule is CN(C)C1CCc2ccc(Nc3ncc4c(n3)OCN(c3c(F)cccc3Cl)C4=O)cc2C1. The monoisotopic (exact) mass is 467 g/mol. The number of carbonyl (C=O) groups is 1. The van der Waals surface area contributed by atoms with Crippen molar-refractivity contribution in [2.45, 2.75) is 25.3 Å². The number of likely N-dealkylation sites (N-methyl/N-ethyl adjacent to an activating group) is 1. The maximum atomic E-state index is 14.3. The Bertz CT molecular complexity index is 1220. The highest BCUT2D eigenvalue weighted by Crippen LogP contribution is 2.34.